The molecule has 4 nitrogen and oxygen atoms in total. The smallest absolute Gasteiger partial charge is 0.313 e. The first-order valence-electron chi connectivity index (χ1n) is 3.19. The van der Waals surface area contributed by atoms with Crippen LogP contribution in [0.1, 0.15) is 13.8 Å². The zero-order valence-corrected chi connectivity index (χ0v) is 6.18. The molecule has 0 heterocycles. The molecule has 1 radical (unpaired) electrons. The summed E-state index contributed by atoms with van der Waals surface area (Å²) in [5.74, 6) is -0.565. The average Bonchev–Trinajstić information content (AvgIpc) is 1.89. The molecule has 2 N–H and O–H groups in total. The zero-order valence-electron chi connectivity index (χ0n) is 6.18. The molecule has 0 rings (SSSR count). The van der Waals surface area contributed by atoms with Crippen molar-refractivity contribution in [2.24, 2.45) is 0 Å². The van der Waals surface area contributed by atoms with E-state index in [1.54, 1.807) is 13.8 Å². The van der Waals surface area contributed by atoms with Gasteiger partial charge in [0, 0.05) is 13.2 Å². The standard InChI is InChI=1S/C6H12NO3/c1-3-7-5(8)6(9)10-4-2/h9H,3-4H2,1-2H3,(H,7,8). The molecule has 0 aliphatic heterocycles. The van der Waals surface area contributed by atoms with Crippen LogP contribution >= 0.6 is 0 Å². The summed E-state index contributed by atoms with van der Waals surface area (Å²) in [4.78, 5) is 10.6. The topological polar surface area (TPSA) is 58.6 Å². The predicted octanol–water partition coefficient (Wildman–Crippen LogP) is 0.0210. The Morgan fingerprint density at radius 2 is 2.20 bits per heavy atom. The van der Waals surface area contributed by atoms with Crippen molar-refractivity contribution in [2.75, 3.05) is 13.2 Å². The summed E-state index contributed by atoms with van der Waals surface area (Å²) >= 11 is 0. The van der Waals surface area contributed by atoms with Gasteiger partial charge in [-0.15, -0.1) is 0 Å². The van der Waals surface area contributed by atoms with Crippen LogP contribution in [0.2, 0.25) is 0 Å². The Hall–Kier alpha value is -0.610. The van der Waals surface area contributed by atoms with Crippen molar-refractivity contribution >= 4 is 5.91 Å². The second-order valence-electron chi connectivity index (χ2n) is 1.60. The second-order valence-corrected chi connectivity index (χ2v) is 1.60. The van der Waals surface area contributed by atoms with Crippen molar-refractivity contribution < 1.29 is 14.6 Å². The molecule has 0 aliphatic carbocycles. The number of hydrogen-bond acceptors (Lipinski definition) is 3. The lowest BCUT2D eigenvalue weighted by atomic mass is 10.5. The van der Waals surface area contributed by atoms with Gasteiger partial charge in [-0.1, -0.05) is 0 Å². The number of aliphatic hydroxyl groups excluding tert-OH is 1. The summed E-state index contributed by atoms with van der Waals surface area (Å²) in [6.07, 6.45) is -0.565. The van der Waals surface area contributed by atoms with E-state index in [1.807, 2.05) is 0 Å². The van der Waals surface area contributed by atoms with Gasteiger partial charge in [0.15, 0.2) is 0 Å². The van der Waals surface area contributed by atoms with E-state index >= 15 is 0 Å². The third kappa shape index (κ3) is 3.42. The van der Waals surface area contributed by atoms with Crippen molar-refractivity contribution in [1.82, 2.24) is 5.32 Å². The molecule has 4 heteroatoms. The van der Waals surface area contributed by atoms with Gasteiger partial charge in [0.25, 0.3) is 5.91 Å². The van der Waals surface area contributed by atoms with Crippen LogP contribution in [0.25, 0.3) is 0 Å². The Kier molecular flexibility index (Phi) is 4.88. The summed E-state index contributed by atoms with van der Waals surface area (Å²) in [5, 5.41) is 11.1. The van der Waals surface area contributed by atoms with Gasteiger partial charge in [0.1, 0.15) is 0 Å². The predicted molar refractivity (Wildman–Crippen MR) is 35.5 cm³/mol. The Morgan fingerprint density at radius 1 is 1.60 bits per heavy atom. The number of hydrogen-bond donors (Lipinski definition) is 2. The molecule has 0 aromatic carbocycles. The fourth-order valence-corrected chi connectivity index (χ4v) is 0.438. The molecule has 0 atom stereocenters. The van der Waals surface area contributed by atoms with Crippen LogP contribution in [0.3, 0.4) is 0 Å². The van der Waals surface area contributed by atoms with Crippen LogP contribution in [-0.2, 0) is 9.53 Å². The SMILES string of the molecule is CCNC(=O)[C](O)OCC. The van der Waals surface area contributed by atoms with Crippen LogP contribution < -0.4 is 5.32 Å². The normalized spacial score (nSPS) is 10.0. The molecule has 1 amide bonds. The maximum atomic E-state index is 10.6. The summed E-state index contributed by atoms with van der Waals surface area (Å²) < 4.78 is 4.52. The molecule has 10 heavy (non-hydrogen) atoms. The maximum absolute atomic E-state index is 10.6. The fraction of sp³-hybridized carbons (Fsp3) is 0.667. The molecule has 0 saturated heterocycles. The number of carbonyl (C=O) groups is 1. The molecule has 0 aromatic heterocycles. The summed E-state index contributed by atoms with van der Waals surface area (Å²) in [5.41, 5.74) is 0. The lowest BCUT2D eigenvalue weighted by Gasteiger charge is -2.06. The third-order valence-corrected chi connectivity index (χ3v) is 0.813. The molecule has 0 saturated carbocycles. The first-order chi connectivity index (χ1) is 4.72. The monoisotopic (exact) mass is 146 g/mol. The van der Waals surface area contributed by atoms with Crippen LogP contribution in [0, 0.1) is 6.29 Å². The maximum Gasteiger partial charge on any atom is 0.313 e. The van der Waals surface area contributed by atoms with Gasteiger partial charge in [-0.05, 0) is 13.8 Å². The summed E-state index contributed by atoms with van der Waals surface area (Å²) in [7, 11) is 0. The molecule has 0 unspecified atom stereocenters. The van der Waals surface area contributed by atoms with Gasteiger partial charge < -0.3 is 15.2 Å². The van der Waals surface area contributed by atoms with Gasteiger partial charge in [0.05, 0.1) is 0 Å². The number of carbonyl (C=O) groups excluding carboxylic acids is 1. The number of ether oxygens (including phenoxy) is 1. The molecular formula is C6H12NO3. The van der Waals surface area contributed by atoms with Gasteiger partial charge in [0.2, 0.25) is 0 Å². The van der Waals surface area contributed by atoms with Crippen molar-refractivity contribution in [3.05, 3.63) is 6.29 Å². The minimum absolute atomic E-state index is 0.295. The number of amides is 1. The van der Waals surface area contributed by atoms with E-state index in [0.717, 1.165) is 0 Å². The quantitative estimate of drug-likeness (QED) is 0.588. The number of rotatable bonds is 4. The van der Waals surface area contributed by atoms with Gasteiger partial charge in [-0.25, -0.2) is 0 Å². The Morgan fingerprint density at radius 3 is 2.60 bits per heavy atom. The highest BCUT2D eigenvalue weighted by Crippen LogP contribution is 1.94. The lowest BCUT2D eigenvalue weighted by molar-refractivity contribution is -0.134. The molecule has 0 aliphatic rings. The molecule has 0 bridgehead atoms. The first-order valence-corrected chi connectivity index (χ1v) is 3.19. The minimum Gasteiger partial charge on any atom is -0.353 e. The van der Waals surface area contributed by atoms with Crippen molar-refractivity contribution in [3.8, 4) is 0 Å². The average molecular weight is 146 g/mol. The van der Waals surface area contributed by atoms with Crippen LogP contribution in [0.4, 0.5) is 0 Å². The highest BCUT2D eigenvalue weighted by Gasteiger charge is 2.15. The number of aliphatic hydroxyl groups is 1. The third-order valence-electron chi connectivity index (χ3n) is 0.813. The Balaban J connectivity index is 3.49. The van der Waals surface area contributed by atoms with Gasteiger partial charge in [-0.2, -0.15) is 0 Å². The van der Waals surface area contributed by atoms with E-state index in [0.29, 0.717) is 13.2 Å². The molecule has 0 fully saturated rings. The van der Waals surface area contributed by atoms with Crippen LogP contribution in [-0.4, -0.2) is 24.2 Å². The van der Waals surface area contributed by atoms with E-state index in [1.165, 1.54) is 0 Å². The Bertz CT molecular complexity index is 105. The summed E-state index contributed by atoms with van der Waals surface area (Å²) in [6.45, 7) is 4.23. The zero-order chi connectivity index (χ0) is 7.98. The van der Waals surface area contributed by atoms with Crippen LogP contribution in [0.15, 0.2) is 0 Å². The van der Waals surface area contributed by atoms with Gasteiger partial charge in [-0.3, -0.25) is 4.79 Å². The molecule has 0 spiro atoms. The largest absolute Gasteiger partial charge is 0.353 e. The van der Waals surface area contributed by atoms with Crippen molar-refractivity contribution in [2.45, 2.75) is 13.8 Å². The molecule has 59 valence electrons. The molecular weight excluding hydrogens is 134 g/mol. The van der Waals surface area contributed by atoms with Gasteiger partial charge >= 0.3 is 6.29 Å². The van der Waals surface area contributed by atoms with Crippen molar-refractivity contribution in [1.29, 1.82) is 0 Å². The van der Waals surface area contributed by atoms with E-state index < -0.39 is 12.2 Å². The lowest BCUT2D eigenvalue weighted by Crippen LogP contribution is -2.30. The minimum atomic E-state index is -0.565. The van der Waals surface area contributed by atoms with E-state index in [9.17, 15) is 4.79 Å². The molecule has 0 aromatic rings. The fourth-order valence-electron chi connectivity index (χ4n) is 0.438. The highest BCUT2D eigenvalue weighted by molar-refractivity contribution is 5.85. The number of nitrogens with one attached hydrogen (secondary N) is 1. The van der Waals surface area contributed by atoms with Crippen LogP contribution in [0.5, 0.6) is 0 Å². The van der Waals surface area contributed by atoms with E-state index in [2.05, 4.69) is 10.1 Å². The summed E-state index contributed by atoms with van der Waals surface area (Å²) in [6, 6.07) is 0. The number of likely N-dealkylation sites (N-methyl/N-ethyl adjacent to an activating group) is 1. The Labute approximate surface area is 60.2 Å². The van der Waals surface area contributed by atoms with E-state index in [4.69, 9.17) is 5.11 Å². The first kappa shape index (κ1) is 9.39. The van der Waals surface area contributed by atoms with Crippen molar-refractivity contribution in [3.63, 3.8) is 0 Å². The highest BCUT2D eigenvalue weighted by atomic mass is 16.6. The second kappa shape index (κ2) is 5.20. The van der Waals surface area contributed by atoms with E-state index in [-0.39, 0.29) is 0 Å².